The van der Waals surface area contributed by atoms with Crippen molar-refractivity contribution >= 4 is 17.3 Å². The number of nitrogens with one attached hydrogen (secondary N) is 1. The van der Waals surface area contributed by atoms with E-state index in [9.17, 15) is 4.39 Å². The number of piperidine rings is 1. The van der Waals surface area contributed by atoms with Crippen LogP contribution < -0.4 is 10.1 Å². The van der Waals surface area contributed by atoms with Crippen LogP contribution in [-0.2, 0) is 13.0 Å². The van der Waals surface area contributed by atoms with Crippen molar-refractivity contribution in [3.8, 4) is 5.75 Å². The van der Waals surface area contributed by atoms with Crippen molar-refractivity contribution in [3.63, 3.8) is 0 Å². The fourth-order valence-corrected chi connectivity index (χ4v) is 4.21. The number of rotatable bonds is 9. The Morgan fingerprint density at radius 1 is 1.09 bits per heavy atom. The van der Waals surface area contributed by atoms with Gasteiger partial charge in [-0.05, 0) is 92.9 Å². The highest BCUT2D eigenvalue weighted by Gasteiger charge is 2.25. The van der Waals surface area contributed by atoms with Gasteiger partial charge in [-0.2, -0.15) is 0 Å². The summed E-state index contributed by atoms with van der Waals surface area (Å²) in [6.45, 7) is 8.63. The number of ether oxygens (including phenoxy) is 1. The lowest BCUT2D eigenvalue weighted by Crippen LogP contribution is -2.50. The maximum Gasteiger partial charge on any atom is 0.169 e. The molecule has 2 aromatic rings. The molecule has 1 saturated heterocycles. The molecule has 0 spiro atoms. The molecule has 0 amide bonds. The highest BCUT2D eigenvalue weighted by atomic mass is 32.1. The van der Waals surface area contributed by atoms with Gasteiger partial charge in [0, 0.05) is 19.1 Å². The number of hydrogen-bond acceptors (Lipinski definition) is 3. The third-order valence-corrected chi connectivity index (χ3v) is 6.23. The summed E-state index contributed by atoms with van der Waals surface area (Å²) in [5.41, 5.74) is 2.33. The molecule has 174 valence electrons. The smallest absolute Gasteiger partial charge is 0.169 e. The first kappa shape index (κ1) is 24.5. The van der Waals surface area contributed by atoms with Gasteiger partial charge in [0.05, 0.1) is 6.61 Å². The molecule has 0 unspecified atom stereocenters. The Hall–Kier alpha value is -2.18. The van der Waals surface area contributed by atoms with E-state index < -0.39 is 0 Å². The first-order valence-corrected chi connectivity index (χ1v) is 12.0. The number of benzene rings is 2. The Balaban J connectivity index is 1.55. The maximum absolute atomic E-state index is 13.3. The molecule has 0 aliphatic carbocycles. The maximum atomic E-state index is 13.3. The molecular formula is C26H36FN3OS. The fraction of sp³-hybridized carbons (Fsp3) is 0.500. The van der Waals surface area contributed by atoms with Gasteiger partial charge in [-0.1, -0.05) is 38.1 Å². The van der Waals surface area contributed by atoms with Crippen LogP contribution in [0.5, 0.6) is 5.75 Å². The summed E-state index contributed by atoms with van der Waals surface area (Å²) in [7, 11) is 2.16. The van der Waals surface area contributed by atoms with Crippen molar-refractivity contribution in [2.24, 2.45) is 5.92 Å². The van der Waals surface area contributed by atoms with E-state index in [1.807, 2.05) is 24.3 Å². The molecular weight excluding hydrogens is 421 g/mol. The van der Waals surface area contributed by atoms with E-state index in [2.05, 4.69) is 48.1 Å². The summed E-state index contributed by atoms with van der Waals surface area (Å²) in [4.78, 5) is 4.65. The predicted molar refractivity (Wildman–Crippen MR) is 134 cm³/mol. The molecule has 1 heterocycles. The minimum atomic E-state index is -0.207. The quantitative estimate of drug-likeness (QED) is 0.542. The van der Waals surface area contributed by atoms with Crippen LogP contribution in [0.4, 0.5) is 4.39 Å². The molecule has 0 atom stereocenters. The zero-order valence-electron chi connectivity index (χ0n) is 19.5. The van der Waals surface area contributed by atoms with E-state index in [4.69, 9.17) is 17.0 Å². The number of thiocarbonyl (C=S) groups is 1. The normalized spacial score (nSPS) is 15.0. The molecule has 6 heteroatoms. The Labute approximate surface area is 197 Å². The Bertz CT molecular complexity index is 833. The minimum absolute atomic E-state index is 0.207. The van der Waals surface area contributed by atoms with Crippen LogP contribution in [0.2, 0.25) is 0 Å². The van der Waals surface area contributed by atoms with Crippen LogP contribution >= 0.6 is 12.2 Å². The number of hydrogen-bond donors (Lipinski definition) is 1. The van der Waals surface area contributed by atoms with E-state index in [0.717, 1.165) is 61.9 Å². The van der Waals surface area contributed by atoms with Gasteiger partial charge >= 0.3 is 0 Å². The Morgan fingerprint density at radius 2 is 1.72 bits per heavy atom. The Morgan fingerprint density at radius 3 is 2.34 bits per heavy atom. The summed E-state index contributed by atoms with van der Waals surface area (Å²) in [5.74, 6) is 1.22. The van der Waals surface area contributed by atoms with Crippen LogP contribution in [0, 0.1) is 11.7 Å². The standard InChI is InChI=1S/C26H36FN3OS/c1-20(2)19-31-25-10-6-21(7-11-25)12-15-28-26(32)30(24-13-16-29(3)17-14-24)18-22-4-8-23(27)9-5-22/h4-11,20,24H,12-19H2,1-3H3,(H,28,32). The fourth-order valence-electron chi connectivity index (χ4n) is 3.89. The average molecular weight is 458 g/mol. The van der Waals surface area contributed by atoms with Crippen molar-refractivity contribution in [3.05, 3.63) is 65.5 Å². The third-order valence-electron chi connectivity index (χ3n) is 5.85. The lowest BCUT2D eigenvalue weighted by atomic mass is 10.0. The second kappa shape index (κ2) is 12.2. The van der Waals surface area contributed by atoms with Crippen molar-refractivity contribution < 1.29 is 9.13 Å². The van der Waals surface area contributed by atoms with Crippen LogP contribution in [-0.4, -0.2) is 54.2 Å². The molecule has 1 fully saturated rings. The summed E-state index contributed by atoms with van der Waals surface area (Å²) in [5, 5.41) is 4.24. The van der Waals surface area contributed by atoms with Gasteiger partial charge in [-0.25, -0.2) is 4.39 Å². The van der Waals surface area contributed by atoms with Crippen molar-refractivity contribution in [2.45, 2.75) is 45.7 Å². The molecule has 1 aliphatic rings. The Kier molecular flexibility index (Phi) is 9.30. The van der Waals surface area contributed by atoms with Crippen LogP contribution in [0.3, 0.4) is 0 Å². The summed E-state index contributed by atoms with van der Waals surface area (Å²) >= 11 is 5.81. The number of halogens is 1. The average Bonchev–Trinajstić information content (AvgIpc) is 2.79. The van der Waals surface area contributed by atoms with Gasteiger partial charge in [-0.3, -0.25) is 0 Å². The number of nitrogens with zero attached hydrogens (tertiary/aromatic N) is 2. The molecule has 1 aliphatic heterocycles. The van der Waals surface area contributed by atoms with Crippen LogP contribution in [0.25, 0.3) is 0 Å². The molecule has 0 saturated carbocycles. The van der Waals surface area contributed by atoms with E-state index in [0.29, 0.717) is 18.5 Å². The lowest BCUT2D eigenvalue weighted by molar-refractivity contribution is 0.171. The monoisotopic (exact) mass is 457 g/mol. The van der Waals surface area contributed by atoms with Gasteiger partial charge in [0.2, 0.25) is 0 Å². The highest BCUT2D eigenvalue weighted by molar-refractivity contribution is 7.80. The second-order valence-electron chi connectivity index (χ2n) is 9.12. The van der Waals surface area contributed by atoms with Gasteiger partial charge in [-0.15, -0.1) is 0 Å². The summed E-state index contributed by atoms with van der Waals surface area (Å²) in [6, 6.07) is 15.5. The highest BCUT2D eigenvalue weighted by Crippen LogP contribution is 2.19. The largest absolute Gasteiger partial charge is 0.493 e. The van der Waals surface area contributed by atoms with E-state index >= 15 is 0 Å². The lowest BCUT2D eigenvalue weighted by Gasteiger charge is -2.39. The summed E-state index contributed by atoms with van der Waals surface area (Å²) in [6.07, 6.45) is 3.05. The number of likely N-dealkylation sites (tertiary alicyclic amines) is 1. The van der Waals surface area contributed by atoms with Crippen molar-refractivity contribution in [2.75, 3.05) is 33.3 Å². The molecule has 2 aromatic carbocycles. The van der Waals surface area contributed by atoms with Gasteiger partial charge in [0.25, 0.3) is 0 Å². The van der Waals surface area contributed by atoms with E-state index in [1.165, 1.54) is 17.7 Å². The van der Waals surface area contributed by atoms with E-state index in [1.54, 1.807) is 0 Å². The topological polar surface area (TPSA) is 27.7 Å². The zero-order valence-corrected chi connectivity index (χ0v) is 20.3. The van der Waals surface area contributed by atoms with Gasteiger partial charge < -0.3 is 19.9 Å². The molecule has 3 rings (SSSR count). The second-order valence-corrected chi connectivity index (χ2v) is 9.51. The summed E-state index contributed by atoms with van der Waals surface area (Å²) < 4.78 is 19.1. The van der Waals surface area contributed by atoms with Crippen LogP contribution in [0.15, 0.2) is 48.5 Å². The molecule has 0 aromatic heterocycles. The third kappa shape index (κ3) is 7.75. The molecule has 32 heavy (non-hydrogen) atoms. The predicted octanol–water partition coefficient (Wildman–Crippen LogP) is 4.87. The molecule has 0 radical (unpaired) electrons. The first-order chi connectivity index (χ1) is 15.4. The van der Waals surface area contributed by atoms with Gasteiger partial charge in [0.1, 0.15) is 11.6 Å². The first-order valence-electron chi connectivity index (χ1n) is 11.6. The van der Waals surface area contributed by atoms with Crippen molar-refractivity contribution in [1.82, 2.24) is 15.1 Å². The molecule has 4 nitrogen and oxygen atoms in total. The van der Waals surface area contributed by atoms with Crippen molar-refractivity contribution in [1.29, 1.82) is 0 Å². The van der Waals surface area contributed by atoms with Crippen LogP contribution in [0.1, 0.15) is 37.8 Å². The molecule has 0 bridgehead atoms. The zero-order chi connectivity index (χ0) is 22.9. The van der Waals surface area contributed by atoms with E-state index in [-0.39, 0.29) is 5.82 Å². The van der Waals surface area contributed by atoms with Gasteiger partial charge in [0.15, 0.2) is 5.11 Å². The molecule has 1 N–H and O–H groups in total. The minimum Gasteiger partial charge on any atom is -0.493 e. The SMILES string of the molecule is CC(C)COc1ccc(CCNC(=S)N(Cc2ccc(F)cc2)C2CCN(C)CC2)cc1.